The van der Waals surface area contributed by atoms with Crippen molar-refractivity contribution in [2.24, 2.45) is 0 Å². The van der Waals surface area contributed by atoms with Crippen molar-refractivity contribution in [1.29, 1.82) is 0 Å². The van der Waals surface area contributed by atoms with E-state index in [0.29, 0.717) is 11.1 Å². The molecule has 0 N–H and O–H groups in total. The van der Waals surface area contributed by atoms with Gasteiger partial charge in [-0.05, 0) is 5.54 Å². The molecule has 9 heteroatoms. The number of terminal acetylenes is 1. The first-order chi connectivity index (χ1) is 17.7. The number of hydrogen-bond acceptors (Lipinski definition) is 8. The van der Waals surface area contributed by atoms with Crippen LogP contribution in [0.25, 0.3) is 0 Å². The predicted octanol–water partition coefficient (Wildman–Crippen LogP) is 4.15. The molecule has 0 unspecified atom stereocenters. The fourth-order valence-corrected chi connectivity index (χ4v) is 7.54. The van der Waals surface area contributed by atoms with Gasteiger partial charge in [-0.1, -0.05) is 49.8 Å². The summed E-state index contributed by atoms with van der Waals surface area (Å²) < 4.78 is 17.1. The van der Waals surface area contributed by atoms with Crippen molar-refractivity contribution in [3.05, 3.63) is 57.6 Å². The zero-order chi connectivity index (χ0) is 28.2. The van der Waals surface area contributed by atoms with Crippen molar-refractivity contribution in [2.75, 3.05) is 0 Å². The van der Waals surface area contributed by atoms with Gasteiger partial charge in [0.25, 0.3) is 0 Å². The Hall–Kier alpha value is -4.03. The average molecular weight is 533 g/mol. The third-order valence-electron chi connectivity index (χ3n) is 6.90. The van der Waals surface area contributed by atoms with Crippen LogP contribution in [-0.2, 0) is 25.5 Å². The summed E-state index contributed by atoms with van der Waals surface area (Å²) in [4.78, 5) is 64.6. The van der Waals surface area contributed by atoms with Crippen LogP contribution in [0.3, 0.4) is 0 Å². The molecule has 0 radical (unpaired) electrons. The Balaban J connectivity index is 2.21. The van der Waals surface area contributed by atoms with Crippen LogP contribution in [0.1, 0.15) is 75.7 Å². The lowest BCUT2D eigenvalue weighted by Gasteiger charge is -2.44. The smallest absolute Gasteiger partial charge is 0.308 e. The minimum atomic E-state index is -2.28. The van der Waals surface area contributed by atoms with Gasteiger partial charge < -0.3 is 14.2 Å². The van der Waals surface area contributed by atoms with Gasteiger partial charge in [0.05, 0.1) is 19.2 Å². The fraction of sp³-hybridized carbons (Fsp3) is 0.345. The van der Waals surface area contributed by atoms with Gasteiger partial charge in [0.1, 0.15) is 11.5 Å². The molecule has 2 aliphatic rings. The largest absolute Gasteiger partial charge is 0.446 e. The summed E-state index contributed by atoms with van der Waals surface area (Å²) in [7, 11) is -2.28. The first kappa shape index (κ1) is 27.0. The second-order valence-electron chi connectivity index (χ2n) is 10.7. The van der Waals surface area contributed by atoms with E-state index >= 15 is 0 Å². The SMILES string of the molecule is C#C[C@@]1(OC(C)=O)Cc2c(OC(C)=O)c3c(c(OC(C)=O)c2[C@H]([Si](C)(C)C)C1)C(=O)c1ccccc1C3=O. The highest BCUT2D eigenvalue weighted by molar-refractivity contribution is 6.77. The van der Waals surface area contributed by atoms with Crippen molar-refractivity contribution >= 4 is 37.5 Å². The van der Waals surface area contributed by atoms with Gasteiger partial charge in [-0.3, -0.25) is 24.0 Å². The number of rotatable bonds is 4. The van der Waals surface area contributed by atoms with E-state index in [1.165, 1.54) is 32.9 Å². The minimum Gasteiger partial charge on any atom is -0.446 e. The summed E-state index contributed by atoms with van der Waals surface area (Å²) >= 11 is 0. The molecule has 0 amide bonds. The number of ketones is 2. The Morgan fingerprint density at radius 3 is 1.84 bits per heavy atom. The summed E-state index contributed by atoms with van der Waals surface area (Å²) in [5.74, 6) is -0.606. The fourth-order valence-electron chi connectivity index (χ4n) is 5.42. The minimum absolute atomic E-state index is 0.0351. The lowest BCUT2D eigenvalue weighted by atomic mass is 9.74. The summed E-state index contributed by atoms with van der Waals surface area (Å²) in [6.07, 6.45) is 6.04. The molecule has 0 saturated heterocycles. The molecule has 38 heavy (non-hydrogen) atoms. The number of esters is 3. The van der Waals surface area contributed by atoms with Gasteiger partial charge in [0.15, 0.2) is 17.2 Å². The Bertz CT molecular complexity index is 1470. The van der Waals surface area contributed by atoms with Crippen LogP contribution in [0.5, 0.6) is 11.5 Å². The quantitative estimate of drug-likeness (QED) is 0.213. The van der Waals surface area contributed by atoms with Gasteiger partial charge >= 0.3 is 17.9 Å². The normalized spacial score (nSPS) is 19.9. The van der Waals surface area contributed by atoms with Crippen LogP contribution in [0.2, 0.25) is 19.6 Å². The van der Waals surface area contributed by atoms with E-state index in [4.69, 9.17) is 20.6 Å². The molecule has 8 nitrogen and oxygen atoms in total. The standard InChI is InChI=1S/C29H28O8Si/c1-8-29(37-17(4)32)13-20-22(21(14-29)38(5,6)7)28(36-16(3)31)24-23(27(20)35-15(2)30)25(33)18-11-9-10-12-19(18)26(24)34/h1,9-12,21H,13-14H2,2-7H3/t21-,29-/m1/s1. The molecule has 0 spiro atoms. The number of hydrogen-bond donors (Lipinski definition) is 0. The lowest BCUT2D eigenvalue weighted by molar-refractivity contribution is -0.152. The van der Waals surface area contributed by atoms with E-state index in [2.05, 4.69) is 25.6 Å². The van der Waals surface area contributed by atoms with Gasteiger partial charge in [0.2, 0.25) is 0 Å². The number of benzene rings is 2. The van der Waals surface area contributed by atoms with Crippen LogP contribution in [0.15, 0.2) is 24.3 Å². The number of fused-ring (bicyclic) bond motifs is 3. The Morgan fingerprint density at radius 2 is 1.39 bits per heavy atom. The van der Waals surface area contributed by atoms with E-state index in [-0.39, 0.29) is 46.6 Å². The molecular weight excluding hydrogens is 504 g/mol. The monoisotopic (exact) mass is 532 g/mol. The molecule has 0 saturated carbocycles. The second kappa shape index (κ2) is 9.37. The summed E-state index contributed by atoms with van der Waals surface area (Å²) in [5.41, 5.74) is -1.01. The highest BCUT2D eigenvalue weighted by Crippen LogP contribution is 2.54. The number of carbonyl (C=O) groups is 5. The molecule has 2 aliphatic carbocycles. The molecule has 2 aromatic rings. The van der Waals surface area contributed by atoms with Crippen LogP contribution in [-0.4, -0.2) is 43.1 Å². The van der Waals surface area contributed by atoms with E-state index in [1.54, 1.807) is 12.1 Å². The molecule has 4 rings (SSSR count). The summed E-state index contributed by atoms with van der Waals surface area (Å²) in [6, 6.07) is 6.30. The van der Waals surface area contributed by atoms with Crippen molar-refractivity contribution in [3.63, 3.8) is 0 Å². The number of carbonyl (C=O) groups excluding carboxylic acids is 5. The second-order valence-corrected chi connectivity index (χ2v) is 16.2. The zero-order valence-electron chi connectivity index (χ0n) is 22.1. The molecule has 0 fully saturated rings. The van der Waals surface area contributed by atoms with E-state index < -0.39 is 48.7 Å². The summed E-state index contributed by atoms with van der Waals surface area (Å²) in [5, 5.41) is 0. The van der Waals surface area contributed by atoms with E-state index in [1.807, 2.05) is 0 Å². The third kappa shape index (κ3) is 4.45. The molecule has 0 aliphatic heterocycles. The predicted molar refractivity (Wildman–Crippen MR) is 140 cm³/mol. The molecule has 2 aromatic carbocycles. The molecule has 0 aromatic heterocycles. The van der Waals surface area contributed by atoms with Crippen molar-refractivity contribution < 1.29 is 38.2 Å². The maximum atomic E-state index is 13.9. The number of ether oxygens (including phenoxy) is 3. The van der Waals surface area contributed by atoms with Crippen LogP contribution < -0.4 is 9.47 Å². The molecule has 2 atom stereocenters. The maximum Gasteiger partial charge on any atom is 0.308 e. The Kier molecular flexibility index (Phi) is 6.66. The van der Waals surface area contributed by atoms with Gasteiger partial charge in [-0.25, -0.2) is 0 Å². The van der Waals surface area contributed by atoms with Crippen molar-refractivity contribution in [2.45, 2.75) is 64.4 Å². The van der Waals surface area contributed by atoms with Crippen molar-refractivity contribution in [1.82, 2.24) is 0 Å². The van der Waals surface area contributed by atoms with E-state index in [0.717, 1.165) is 0 Å². The third-order valence-corrected chi connectivity index (χ3v) is 9.49. The van der Waals surface area contributed by atoms with Gasteiger partial charge in [0, 0.05) is 55.9 Å². The highest BCUT2D eigenvalue weighted by atomic mass is 28.3. The van der Waals surface area contributed by atoms with Gasteiger partial charge in [-0.2, -0.15) is 0 Å². The lowest BCUT2D eigenvalue weighted by Crippen LogP contribution is -2.47. The Morgan fingerprint density at radius 1 is 0.895 bits per heavy atom. The maximum absolute atomic E-state index is 13.9. The molecular formula is C29H28O8Si. The topological polar surface area (TPSA) is 113 Å². The summed E-state index contributed by atoms with van der Waals surface area (Å²) in [6.45, 7) is 9.83. The van der Waals surface area contributed by atoms with Crippen LogP contribution in [0, 0.1) is 12.3 Å². The van der Waals surface area contributed by atoms with Crippen molar-refractivity contribution in [3.8, 4) is 23.8 Å². The highest BCUT2D eigenvalue weighted by Gasteiger charge is 2.51. The molecule has 0 heterocycles. The first-order valence-corrected chi connectivity index (χ1v) is 15.7. The average Bonchev–Trinajstić information content (AvgIpc) is 2.81. The van der Waals surface area contributed by atoms with Gasteiger partial charge in [-0.15, -0.1) is 6.42 Å². The molecule has 196 valence electrons. The Labute approximate surface area is 221 Å². The first-order valence-electron chi connectivity index (χ1n) is 12.2. The van der Waals surface area contributed by atoms with Crippen LogP contribution in [0.4, 0.5) is 0 Å². The van der Waals surface area contributed by atoms with E-state index in [9.17, 15) is 24.0 Å². The molecule has 0 bridgehead atoms. The zero-order valence-corrected chi connectivity index (χ0v) is 23.1. The van der Waals surface area contributed by atoms with Crippen LogP contribution >= 0.6 is 0 Å².